The zero-order valence-electron chi connectivity index (χ0n) is 8.77. The van der Waals surface area contributed by atoms with Crippen LogP contribution in [0.2, 0.25) is 0 Å². The van der Waals surface area contributed by atoms with E-state index in [0.29, 0.717) is 15.8 Å². The average molecular weight is 272 g/mol. The smallest absolute Gasteiger partial charge is 0.141 e. The summed E-state index contributed by atoms with van der Waals surface area (Å²) in [5.41, 5.74) is -0.171. The van der Waals surface area contributed by atoms with E-state index in [9.17, 15) is 4.39 Å². The number of nitriles is 1. The Morgan fingerprint density at radius 2 is 2.07 bits per heavy atom. The van der Waals surface area contributed by atoms with Gasteiger partial charge in [-0.1, -0.05) is 0 Å². The van der Waals surface area contributed by atoms with Gasteiger partial charge in [0.15, 0.2) is 0 Å². The van der Waals surface area contributed by atoms with Crippen LogP contribution in [0.15, 0.2) is 16.6 Å². The molecule has 4 heteroatoms. The molecule has 15 heavy (non-hydrogen) atoms. The first-order chi connectivity index (χ1) is 6.92. The molecule has 0 aromatic heterocycles. The second-order valence-electron chi connectivity index (χ2n) is 3.71. The molecule has 0 aliphatic rings. The number of benzene rings is 1. The molecule has 0 saturated carbocycles. The van der Waals surface area contributed by atoms with Gasteiger partial charge in [0.05, 0.1) is 23.1 Å². The molecule has 0 aliphatic heterocycles. The predicted octanol–water partition coefficient (Wildman–Crippen LogP) is 3.40. The molecule has 0 radical (unpaired) electrons. The Morgan fingerprint density at radius 3 is 2.53 bits per heavy atom. The summed E-state index contributed by atoms with van der Waals surface area (Å²) in [5, 5.41) is 8.99. The maximum Gasteiger partial charge on any atom is 0.141 e. The molecular formula is C11H11BrFNO. The average Bonchev–Trinajstić information content (AvgIpc) is 2.21. The van der Waals surface area contributed by atoms with Crippen molar-refractivity contribution in [3.05, 3.63) is 28.0 Å². The van der Waals surface area contributed by atoms with Crippen molar-refractivity contribution in [3.63, 3.8) is 0 Å². The van der Waals surface area contributed by atoms with Gasteiger partial charge in [0.1, 0.15) is 11.6 Å². The van der Waals surface area contributed by atoms with Crippen molar-refractivity contribution in [2.45, 2.75) is 19.3 Å². The minimum Gasteiger partial charge on any atom is -0.497 e. The van der Waals surface area contributed by atoms with Gasteiger partial charge in [0.25, 0.3) is 0 Å². The van der Waals surface area contributed by atoms with Crippen LogP contribution in [0.1, 0.15) is 19.4 Å². The van der Waals surface area contributed by atoms with Crippen LogP contribution in [-0.2, 0) is 5.41 Å². The van der Waals surface area contributed by atoms with Crippen LogP contribution < -0.4 is 4.74 Å². The molecule has 0 heterocycles. The van der Waals surface area contributed by atoms with Crippen molar-refractivity contribution >= 4 is 15.9 Å². The summed E-state index contributed by atoms with van der Waals surface area (Å²) in [6.45, 7) is 3.46. The zero-order chi connectivity index (χ0) is 11.6. The fraction of sp³-hybridized carbons (Fsp3) is 0.364. The third-order valence-electron chi connectivity index (χ3n) is 2.19. The lowest BCUT2D eigenvalue weighted by molar-refractivity contribution is 0.409. The van der Waals surface area contributed by atoms with Crippen LogP contribution in [0.5, 0.6) is 5.75 Å². The maximum atomic E-state index is 13.5. The van der Waals surface area contributed by atoms with E-state index in [-0.39, 0.29) is 0 Å². The molecule has 0 unspecified atom stereocenters. The van der Waals surface area contributed by atoms with Gasteiger partial charge < -0.3 is 4.74 Å². The summed E-state index contributed by atoms with van der Waals surface area (Å²) < 4.78 is 18.7. The highest BCUT2D eigenvalue weighted by molar-refractivity contribution is 9.10. The van der Waals surface area contributed by atoms with E-state index in [4.69, 9.17) is 10.00 Å². The molecule has 0 bridgehead atoms. The fourth-order valence-corrected chi connectivity index (χ4v) is 1.92. The Bertz CT molecular complexity index is 423. The van der Waals surface area contributed by atoms with Crippen molar-refractivity contribution in [1.29, 1.82) is 5.26 Å². The number of nitrogens with zero attached hydrogens (tertiary/aromatic N) is 1. The quantitative estimate of drug-likeness (QED) is 0.826. The lowest BCUT2D eigenvalue weighted by atomic mass is 9.86. The largest absolute Gasteiger partial charge is 0.497 e. The molecule has 0 N–H and O–H groups in total. The molecule has 0 fully saturated rings. The van der Waals surface area contributed by atoms with Crippen LogP contribution in [0, 0.1) is 17.1 Å². The third-order valence-corrected chi connectivity index (χ3v) is 3.00. The van der Waals surface area contributed by atoms with Gasteiger partial charge in [-0.15, -0.1) is 0 Å². The van der Waals surface area contributed by atoms with Gasteiger partial charge in [-0.05, 0) is 41.4 Å². The highest BCUT2D eigenvalue weighted by Crippen LogP contribution is 2.34. The Morgan fingerprint density at radius 1 is 1.47 bits per heavy atom. The van der Waals surface area contributed by atoms with Gasteiger partial charge in [-0.3, -0.25) is 0 Å². The van der Waals surface area contributed by atoms with Crippen LogP contribution in [0.25, 0.3) is 0 Å². The molecule has 1 aromatic carbocycles. The molecule has 80 valence electrons. The van der Waals surface area contributed by atoms with E-state index < -0.39 is 11.2 Å². The second kappa shape index (κ2) is 4.19. The van der Waals surface area contributed by atoms with E-state index in [1.54, 1.807) is 19.9 Å². The van der Waals surface area contributed by atoms with Crippen molar-refractivity contribution < 1.29 is 9.13 Å². The monoisotopic (exact) mass is 271 g/mol. The standard InChI is InChI=1S/C11H11BrFNO/c1-11(2,6-14)8-4-7(15-3)5-9(13)10(8)12/h4-5H,1-3H3. The van der Waals surface area contributed by atoms with Crippen LogP contribution in [-0.4, -0.2) is 7.11 Å². The summed E-state index contributed by atoms with van der Waals surface area (Å²) in [6.07, 6.45) is 0. The van der Waals surface area contributed by atoms with E-state index >= 15 is 0 Å². The van der Waals surface area contributed by atoms with Crippen LogP contribution in [0.3, 0.4) is 0 Å². The highest BCUT2D eigenvalue weighted by Gasteiger charge is 2.25. The number of hydrogen-bond donors (Lipinski definition) is 0. The lowest BCUT2D eigenvalue weighted by Gasteiger charge is -2.18. The Balaban J connectivity index is 3.42. The first-order valence-electron chi connectivity index (χ1n) is 4.37. The number of hydrogen-bond acceptors (Lipinski definition) is 2. The lowest BCUT2D eigenvalue weighted by Crippen LogP contribution is -2.15. The van der Waals surface area contributed by atoms with Crippen molar-refractivity contribution in [1.82, 2.24) is 0 Å². The number of ether oxygens (including phenoxy) is 1. The van der Waals surface area contributed by atoms with E-state index in [1.807, 2.05) is 0 Å². The number of rotatable bonds is 2. The van der Waals surface area contributed by atoms with Gasteiger partial charge in [0.2, 0.25) is 0 Å². The molecule has 1 aromatic rings. The summed E-state index contributed by atoms with van der Waals surface area (Å²) in [4.78, 5) is 0. The van der Waals surface area contributed by atoms with Crippen molar-refractivity contribution in [2.75, 3.05) is 7.11 Å². The van der Waals surface area contributed by atoms with Gasteiger partial charge in [-0.25, -0.2) is 4.39 Å². The highest BCUT2D eigenvalue weighted by atomic mass is 79.9. The SMILES string of the molecule is COc1cc(F)c(Br)c(C(C)(C)C#N)c1. The molecule has 0 aliphatic carbocycles. The number of halogens is 2. The van der Waals surface area contributed by atoms with Gasteiger partial charge >= 0.3 is 0 Å². The molecular weight excluding hydrogens is 261 g/mol. The molecule has 2 nitrogen and oxygen atoms in total. The zero-order valence-corrected chi connectivity index (χ0v) is 10.4. The van der Waals surface area contributed by atoms with Crippen molar-refractivity contribution in [2.24, 2.45) is 0 Å². The molecule has 1 rings (SSSR count). The fourth-order valence-electron chi connectivity index (χ4n) is 1.20. The molecule has 0 atom stereocenters. The van der Waals surface area contributed by atoms with Gasteiger partial charge in [0, 0.05) is 6.07 Å². The van der Waals surface area contributed by atoms with E-state index in [0.717, 1.165) is 0 Å². The third kappa shape index (κ3) is 2.29. The summed E-state index contributed by atoms with van der Waals surface area (Å²) in [6, 6.07) is 5.07. The summed E-state index contributed by atoms with van der Waals surface area (Å²) in [7, 11) is 1.46. The minimum atomic E-state index is -0.756. The topological polar surface area (TPSA) is 33.0 Å². The second-order valence-corrected chi connectivity index (χ2v) is 4.50. The predicted molar refractivity (Wildman–Crippen MR) is 59.3 cm³/mol. The first-order valence-corrected chi connectivity index (χ1v) is 5.16. The molecule has 0 amide bonds. The van der Waals surface area contributed by atoms with Crippen LogP contribution in [0.4, 0.5) is 4.39 Å². The normalized spacial score (nSPS) is 10.9. The van der Waals surface area contributed by atoms with Gasteiger partial charge in [-0.2, -0.15) is 5.26 Å². The minimum absolute atomic E-state index is 0.315. The van der Waals surface area contributed by atoms with Crippen molar-refractivity contribution in [3.8, 4) is 11.8 Å². The Hall–Kier alpha value is -1.08. The first kappa shape index (κ1) is 12.0. The Labute approximate surface area is 96.8 Å². The van der Waals surface area contributed by atoms with E-state index in [2.05, 4.69) is 22.0 Å². The summed E-state index contributed by atoms with van der Waals surface area (Å²) >= 11 is 3.14. The Kier molecular flexibility index (Phi) is 3.35. The molecule has 0 spiro atoms. The van der Waals surface area contributed by atoms with Crippen LogP contribution >= 0.6 is 15.9 Å². The maximum absolute atomic E-state index is 13.5. The molecule has 0 saturated heterocycles. The summed E-state index contributed by atoms with van der Waals surface area (Å²) in [5.74, 6) is -0.0123. The number of methoxy groups -OCH3 is 1. The van der Waals surface area contributed by atoms with E-state index in [1.165, 1.54) is 13.2 Å².